The van der Waals surface area contributed by atoms with E-state index < -0.39 is 47.7 Å². The molecule has 2 aromatic carbocycles. The normalized spacial score (nSPS) is 27.2. The molecule has 3 heterocycles. The molecule has 0 radical (unpaired) electrons. The molecule has 1 spiro atoms. The lowest BCUT2D eigenvalue weighted by Crippen LogP contribution is -2.57. The highest BCUT2D eigenvalue weighted by molar-refractivity contribution is 6.05. The number of carbonyl (C=O) groups excluding carboxylic acids is 3. The Morgan fingerprint density at radius 2 is 1.71 bits per heavy atom. The molecule has 240 valence electrons. The summed E-state index contributed by atoms with van der Waals surface area (Å²) in [4.78, 5) is 48.7. The molecule has 0 aliphatic carbocycles. The molecule has 0 aromatic heterocycles. The first-order valence-electron chi connectivity index (χ1n) is 16.0. The van der Waals surface area contributed by atoms with Gasteiger partial charge in [0.05, 0.1) is 24.2 Å². The van der Waals surface area contributed by atoms with E-state index in [9.17, 15) is 14.7 Å². The molecule has 5 rings (SSSR count). The summed E-state index contributed by atoms with van der Waals surface area (Å²) in [6.45, 7) is 15.2. The van der Waals surface area contributed by atoms with E-state index in [1.807, 2.05) is 61.5 Å². The average molecular weight is 616 g/mol. The van der Waals surface area contributed by atoms with Crippen LogP contribution in [-0.2, 0) is 23.9 Å². The van der Waals surface area contributed by atoms with Crippen LogP contribution in [0.4, 0.5) is 11.4 Å². The quantitative estimate of drug-likeness (QED) is 0.244. The Kier molecular flexibility index (Phi) is 9.51. The summed E-state index contributed by atoms with van der Waals surface area (Å²) in [6.07, 6.45) is 4.56. The van der Waals surface area contributed by atoms with Gasteiger partial charge in [-0.25, -0.2) is 0 Å². The Labute approximate surface area is 266 Å². The third kappa shape index (κ3) is 5.25. The Morgan fingerprint density at radius 3 is 2.29 bits per heavy atom. The van der Waals surface area contributed by atoms with E-state index in [0.717, 1.165) is 18.8 Å². The molecule has 0 saturated carbocycles. The molecule has 3 saturated heterocycles. The minimum atomic E-state index is -1.27. The maximum absolute atomic E-state index is 15.0. The van der Waals surface area contributed by atoms with Gasteiger partial charge < -0.3 is 29.3 Å². The molecule has 2 unspecified atom stereocenters. The van der Waals surface area contributed by atoms with Crippen LogP contribution < -0.4 is 9.80 Å². The number of nitrogens with zero attached hydrogens (tertiary/aromatic N) is 3. The van der Waals surface area contributed by atoms with Crippen molar-refractivity contribution in [1.29, 1.82) is 0 Å². The zero-order valence-electron chi connectivity index (χ0n) is 26.6. The summed E-state index contributed by atoms with van der Waals surface area (Å²) in [6, 6.07) is 15.0. The molecule has 6 atom stereocenters. The number of fused-ring (bicyclic) bond motifs is 1. The number of aliphatic hydroxyl groups is 1. The van der Waals surface area contributed by atoms with Crippen molar-refractivity contribution in [3.8, 4) is 0 Å². The van der Waals surface area contributed by atoms with Crippen molar-refractivity contribution in [2.24, 2.45) is 11.8 Å². The molecule has 2 amide bonds. The van der Waals surface area contributed by atoms with Gasteiger partial charge >= 0.3 is 5.97 Å². The molecule has 2 bridgehead atoms. The topological polar surface area (TPSA) is 99.6 Å². The fourth-order valence-electron chi connectivity index (χ4n) is 7.92. The molecular formula is C36H45N3O6. The number of anilines is 2. The van der Waals surface area contributed by atoms with Crippen molar-refractivity contribution in [3.63, 3.8) is 0 Å². The minimum absolute atomic E-state index is 0.00892. The summed E-state index contributed by atoms with van der Waals surface area (Å²) in [5.74, 6) is -3.09. The summed E-state index contributed by atoms with van der Waals surface area (Å²) < 4.78 is 12.4. The van der Waals surface area contributed by atoms with Crippen LogP contribution in [0.3, 0.4) is 0 Å². The molecular weight excluding hydrogens is 570 g/mol. The number of rotatable bonds is 14. The first-order chi connectivity index (χ1) is 21.8. The van der Waals surface area contributed by atoms with Gasteiger partial charge in [-0.3, -0.25) is 14.4 Å². The average Bonchev–Trinajstić information content (AvgIpc) is 3.68. The lowest BCUT2D eigenvalue weighted by Gasteiger charge is -2.39. The van der Waals surface area contributed by atoms with Crippen LogP contribution in [-0.4, -0.2) is 77.9 Å². The first kappa shape index (κ1) is 32.4. The van der Waals surface area contributed by atoms with Crippen LogP contribution in [0.25, 0.3) is 0 Å². The van der Waals surface area contributed by atoms with E-state index in [1.165, 1.54) is 11.0 Å². The molecule has 45 heavy (non-hydrogen) atoms. The predicted molar refractivity (Wildman–Crippen MR) is 174 cm³/mol. The first-order valence-corrected chi connectivity index (χ1v) is 16.0. The van der Waals surface area contributed by atoms with Crippen molar-refractivity contribution in [2.75, 3.05) is 42.6 Å². The van der Waals surface area contributed by atoms with E-state index >= 15 is 4.79 Å². The van der Waals surface area contributed by atoms with Crippen molar-refractivity contribution >= 4 is 29.2 Å². The molecule has 9 nitrogen and oxygen atoms in total. The lowest BCUT2D eigenvalue weighted by molar-refractivity contribution is -0.161. The number of esters is 1. The Morgan fingerprint density at radius 1 is 1.04 bits per heavy atom. The van der Waals surface area contributed by atoms with E-state index in [2.05, 4.69) is 31.9 Å². The summed E-state index contributed by atoms with van der Waals surface area (Å²) in [5.41, 5.74) is 0.179. The largest absolute Gasteiger partial charge is 0.461 e. The number of ether oxygens (including phenoxy) is 2. The van der Waals surface area contributed by atoms with Crippen LogP contribution in [0.1, 0.15) is 51.6 Å². The van der Waals surface area contributed by atoms with Crippen molar-refractivity contribution in [1.82, 2.24) is 4.90 Å². The van der Waals surface area contributed by atoms with E-state index in [4.69, 9.17) is 9.47 Å². The van der Waals surface area contributed by atoms with Crippen LogP contribution in [0, 0.1) is 11.8 Å². The Bertz CT molecular complexity index is 1410. The SMILES string of the molecule is C=CCOC(=O)[C@@H]1[C@H]2C(=O)N([C@H](CO)c3ccccc3)C(C(=O)N(CC=C)c3ccc(N(CC)CC)cc3)C23CC[C@@]1(CC)O3. The predicted octanol–water partition coefficient (Wildman–Crippen LogP) is 4.67. The Hall–Kier alpha value is -3.95. The molecule has 1 N–H and O–H groups in total. The number of aliphatic hydroxyl groups excluding tert-OH is 1. The highest BCUT2D eigenvalue weighted by atomic mass is 16.6. The van der Waals surface area contributed by atoms with Gasteiger partial charge in [-0.05, 0) is 62.9 Å². The molecule has 3 aliphatic heterocycles. The highest BCUT2D eigenvalue weighted by Gasteiger charge is 2.79. The second kappa shape index (κ2) is 13.2. The lowest BCUT2D eigenvalue weighted by atomic mass is 9.65. The van der Waals surface area contributed by atoms with E-state index in [-0.39, 0.29) is 25.0 Å². The van der Waals surface area contributed by atoms with Gasteiger partial charge in [-0.1, -0.05) is 56.0 Å². The van der Waals surface area contributed by atoms with E-state index in [0.29, 0.717) is 30.5 Å². The second-order valence-electron chi connectivity index (χ2n) is 12.0. The van der Waals surface area contributed by atoms with Crippen LogP contribution >= 0.6 is 0 Å². The van der Waals surface area contributed by atoms with Crippen LogP contribution in [0.2, 0.25) is 0 Å². The van der Waals surface area contributed by atoms with Gasteiger partial charge in [0.1, 0.15) is 24.2 Å². The smallest absolute Gasteiger partial charge is 0.313 e. The summed E-state index contributed by atoms with van der Waals surface area (Å²) in [7, 11) is 0. The van der Waals surface area contributed by atoms with E-state index in [1.54, 1.807) is 11.0 Å². The third-order valence-corrected chi connectivity index (χ3v) is 10.0. The van der Waals surface area contributed by atoms with Crippen LogP contribution in [0.5, 0.6) is 0 Å². The fourth-order valence-corrected chi connectivity index (χ4v) is 7.92. The molecule has 2 aromatic rings. The van der Waals surface area contributed by atoms with Gasteiger partial charge in [0.2, 0.25) is 5.91 Å². The highest BCUT2D eigenvalue weighted by Crippen LogP contribution is 2.65. The van der Waals surface area contributed by atoms with Crippen molar-refractivity contribution < 1.29 is 29.0 Å². The fraction of sp³-hybridized carbons (Fsp3) is 0.472. The summed E-state index contributed by atoms with van der Waals surface area (Å²) in [5, 5.41) is 10.8. The zero-order chi connectivity index (χ0) is 32.4. The number of likely N-dealkylation sites (tertiary alicyclic amines) is 1. The number of carbonyl (C=O) groups is 3. The van der Waals surface area contributed by atoms with Gasteiger partial charge in [-0.2, -0.15) is 0 Å². The number of amides is 2. The van der Waals surface area contributed by atoms with Gasteiger partial charge in [-0.15, -0.1) is 6.58 Å². The third-order valence-electron chi connectivity index (χ3n) is 10.0. The maximum atomic E-state index is 15.0. The van der Waals surface area contributed by atoms with Gasteiger partial charge in [0.15, 0.2) is 0 Å². The zero-order valence-corrected chi connectivity index (χ0v) is 26.6. The molecule has 9 heteroatoms. The second-order valence-corrected chi connectivity index (χ2v) is 12.0. The molecule has 3 aliphatic rings. The Balaban J connectivity index is 1.64. The summed E-state index contributed by atoms with van der Waals surface area (Å²) >= 11 is 0. The van der Waals surface area contributed by atoms with Crippen molar-refractivity contribution in [2.45, 2.75) is 63.3 Å². The molecule has 3 fully saturated rings. The van der Waals surface area contributed by atoms with Gasteiger partial charge in [0, 0.05) is 31.0 Å². The standard InChI is InChI=1S/C36H45N3O6/c1-6-22-38(27-18-16-26(17-19-27)37(9-4)10-5)33(42)31-36-21-20-35(8-3,45-36)30(34(43)44-23-7-2)29(36)32(41)39(31)28(24-40)25-14-12-11-13-15-25/h6-7,11-19,28-31,40H,1-2,8-10,20-24H2,3-5H3/t28-,29+,30+,31?,35-,36?/m1/s1. The number of hydrogen-bond donors (Lipinski definition) is 1. The number of benzene rings is 2. The number of hydrogen-bond acceptors (Lipinski definition) is 7. The monoisotopic (exact) mass is 615 g/mol. The maximum Gasteiger partial charge on any atom is 0.313 e. The van der Waals surface area contributed by atoms with Gasteiger partial charge in [0.25, 0.3) is 5.91 Å². The minimum Gasteiger partial charge on any atom is -0.461 e. The van der Waals surface area contributed by atoms with Crippen LogP contribution in [0.15, 0.2) is 79.9 Å². The van der Waals surface area contributed by atoms with Crippen molar-refractivity contribution in [3.05, 3.63) is 85.5 Å².